The van der Waals surface area contributed by atoms with Crippen LogP contribution in [0.25, 0.3) is 0 Å². The molecule has 30 heavy (non-hydrogen) atoms. The number of rotatable bonds is 6. The van der Waals surface area contributed by atoms with Crippen LogP contribution >= 0.6 is 0 Å². The number of ether oxygens (including phenoxy) is 1. The minimum atomic E-state index is -4.78. The summed E-state index contributed by atoms with van der Waals surface area (Å²) in [5.74, 6) is -2.06. The van der Waals surface area contributed by atoms with Crippen LogP contribution in [-0.2, 0) is 12.9 Å². The molecule has 0 radical (unpaired) electrons. The Bertz CT molecular complexity index is 1110. The van der Waals surface area contributed by atoms with Crippen LogP contribution in [0.3, 0.4) is 0 Å². The third-order valence-electron chi connectivity index (χ3n) is 3.80. The molecule has 14 heteroatoms. The van der Waals surface area contributed by atoms with Crippen molar-refractivity contribution in [3.8, 4) is 5.75 Å². The summed E-state index contributed by atoms with van der Waals surface area (Å²) in [7, 11) is 0. The number of nitro benzene ring substituents is 1. The van der Waals surface area contributed by atoms with Gasteiger partial charge in [-0.05, 0) is 19.1 Å². The molecular weight excluding hydrogens is 416 g/mol. The zero-order valence-corrected chi connectivity index (χ0v) is 15.0. The zero-order valence-electron chi connectivity index (χ0n) is 15.0. The fourth-order valence-corrected chi connectivity index (χ4v) is 2.41. The molecule has 3 aromatic rings. The molecular formula is C16H12F4N6O4. The van der Waals surface area contributed by atoms with Crippen LogP contribution in [-0.4, -0.2) is 30.8 Å². The van der Waals surface area contributed by atoms with E-state index in [9.17, 15) is 32.5 Å². The third-order valence-corrected chi connectivity index (χ3v) is 3.80. The van der Waals surface area contributed by atoms with Crippen LogP contribution in [0.4, 0.5) is 28.9 Å². The number of alkyl halides is 3. The molecule has 0 spiro atoms. The molecule has 0 saturated carbocycles. The van der Waals surface area contributed by atoms with Crippen LogP contribution in [0.15, 0.2) is 30.5 Å². The monoisotopic (exact) mass is 428 g/mol. The van der Waals surface area contributed by atoms with Crippen molar-refractivity contribution in [2.24, 2.45) is 0 Å². The SMILES string of the molecule is Cc1[nH]nc(C(F)(F)F)c1NC(=O)c1ccn(COc2cc(F)ccc2[N+](=O)[O-])n1. The molecule has 0 unspecified atom stereocenters. The van der Waals surface area contributed by atoms with Gasteiger partial charge < -0.3 is 10.1 Å². The van der Waals surface area contributed by atoms with Gasteiger partial charge in [0.1, 0.15) is 5.82 Å². The molecule has 0 aliphatic rings. The molecule has 0 aliphatic heterocycles. The number of anilines is 1. The molecule has 2 N–H and O–H groups in total. The predicted octanol–water partition coefficient (Wildman–Crippen LogP) is 3.27. The zero-order chi connectivity index (χ0) is 22.1. The number of aromatic amines is 1. The van der Waals surface area contributed by atoms with E-state index in [1.807, 2.05) is 0 Å². The van der Waals surface area contributed by atoms with E-state index in [0.29, 0.717) is 0 Å². The van der Waals surface area contributed by atoms with Gasteiger partial charge in [0.15, 0.2) is 18.1 Å². The van der Waals surface area contributed by atoms with Crippen molar-refractivity contribution in [1.29, 1.82) is 0 Å². The number of hydrogen-bond donors (Lipinski definition) is 2. The van der Waals surface area contributed by atoms with E-state index in [1.54, 1.807) is 0 Å². The van der Waals surface area contributed by atoms with Crippen LogP contribution in [0.2, 0.25) is 0 Å². The van der Waals surface area contributed by atoms with Gasteiger partial charge >= 0.3 is 11.9 Å². The first-order chi connectivity index (χ1) is 14.1. The molecule has 2 aromatic heterocycles. The molecule has 0 aliphatic carbocycles. The van der Waals surface area contributed by atoms with Gasteiger partial charge in [0.05, 0.1) is 16.3 Å². The van der Waals surface area contributed by atoms with Gasteiger partial charge in [0, 0.05) is 18.3 Å². The summed E-state index contributed by atoms with van der Waals surface area (Å²) in [4.78, 5) is 22.4. The second-order valence-corrected chi connectivity index (χ2v) is 5.91. The van der Waals surface area contributed by atoms with E-state index in [1.165, 1.54) is 19.2 Å². The normalized spacial score (nSPS) is 11.4. The number of nitro groups is 1. The molecule has 1 aromatic carbocycles. The lowest BCUT2D eigenvalue weighted by molar-refractivity contribution is -0.386. The van der Waals surface area contributed by atoms with E-state index in [0.717, 1.165) is 22.9 Å². The predicted molar refractivity (Wildman–Crippen MR) is 92.2 cm³/mol. The fraction of sp³-hybridized carbons (Fsp3) is 0.188. The number of H-pyrrole nitrogens is 1. The maximum Gasteiger partial charge on any atom is 0.437 e. The largest absolute Gasteiger partial charge is 0.464 e. The highest BCUT2D eigenvalue weighted by Crippen LogP contribution is 2.34. The molecule has 158 valence electrons. The second kappa shape index (κ2) is 7.81. The van der Waals surface area contributed by atoms with Crippen LogP contribution in [0.1, 0.15) is 21.9 Å². The van der Waals surface area contributed by atoms with Gasteiger partial charge in [0.2, 0.25) is 5.75 Å². The molecule has 0 saturated heterocycles. The summed E-state index contributed by atoms with van der Waals surface area (Å²) in [6.45, 7) is 0.881. The highest BCUT2D eigenvalue weighted by Gasteiger charge is 2.38. The minimum absolute atomic E-state index is 0.00291. The average molecular weight is 428 g/mol. The molecule has 1 amide bonds. The number of amides is 1. The van der Waals surface area contributed by atoms with E-state index < -0.39 is 46.6 Å². The average Bonchev–Trinajstić information content (AvgIpc) is 3.27. The molecule has 10 nitrogen and oxygen atoms in total. The number of benzene rings is 1. The minimum Gasteiger partial charge on any atom is -0.464 e. The lowest BCUT2D eigenvalue weighted by atomic mass is 10.2. The summed E-state index contributed by atoms with van der Waals surface area (Å²) in [6.07, 6.45) is -3.52. The van der Waals surface area contributed by atoms with Gasteiger partial charge in [-0.1, -0.05) is 0 Å². The Morgan fingerprint density at radius 3 is 2.77 bits per heavy atom. The highest BCUT2D eigenvalue weighted by atomic mass is 19.4. The fourth-order valence-electron chi connectivity index (χ4n) is 2.41. The Labute approximate surface area is 164 Å². The smallest absolute Gasteiger partial charge is 0.437 e. The number of hydrogen-bond acceptors (Lipinski definition) is 6. The lowest BCUT2D eigenvalue weighted by Gasteiger charge is -2.08. The lowest BCUT2D eigenvalue weighted by Crippen LogP contribution is -2.18. The van der Waals surface area contributed by atoms with Gasteiger partial charge in [-0.15, -0.1) is 0 Å². The number of carbonyl (C=O) groups is 1. The Kier molecular flexibility index (Phi) is 5.40. The van der Waals surface area contributed by atoms with Crippen molar-refractivity contribution in [3.05, 3.63) is 63.5 Å². The number of nitrogens with one attached hydrogen (secondary N) is 2. The maximum atomic E-state index is 13.3. The molecule has 3 rings (SSSR count). The summed E-state index contributed by atoms with van der Waals surface area (Å²) in [6, 6.07) is 3.84. The van der Waals surface area contributed by atoms with Crippen molar-refractivity contribution >= 4 is 17.3 Å². The van der Waals surface area contributed by atoms with Gasteiger partial charge in [-0.25, -0.2) is 9.07 Å². The second-order valence-electron chi connectivity index (χ2n) is 5.91. The summed E-state index contributed by atoms with van der Waals surface area (Å²) in [5.41, 5.74) is -2.54. The van der Waals surface area contributed by atoms with Crippen LogP contribution in [0.5, 0.6) is 5.75 Å². The Morgan fingerprint density at radius 1 is 1.37 bits per heavy atom. The molecule has 0 atom stereocenters. The van der Waals surface area contributed by atoms with Crippen molar-refractivity contribution in [2.75, 3.05) is 5.32 Å². The molecule has 0 fully saturated rings. The number of halogens is 4. The van der Waals surface area contributed by atoms with E-state index in [4.69, 9.17) is 4.74 Å². The maximum absolute atomic E-state index is 13.3. The Hall–Kier alpha value is -3.97. The topological polar surface area (TPSA) is 128 Å². The summed E-state index contributed by atoms with van der Waals surface area (Å²) >= 11 is 0. The van der Waals surface area contributed by atoms with E-state index in [-0.39, 0.29) is 17.1 Å². The summed E-state index contributed by atoms with van der Waals surface area (Å²) < 4.78 is 58.4. The van der Waals surface area contributed by atoms with Crippen LogP contribution in [0, 0.1) is 22.9 Å². The van der Waals surface area contributed by atoms with E-state index >= 15 is 0 Å². The highest BCUT2D eigenvalue weighted by molar-refractivity contribution is 6.03. The third kappa shape index (κ3) is 4.37. The van der Waals surface area contributed by atoms with Crippen molar-refractivity contribution in [3.63, 3.8) is 0 Å². The van der Waals surface area contributed by atoms with Gasteiger partial charge in [-0.2, -0.15) is 23.4 Å². The van der Waals surface area contributed by atoms with E-state index in [2.05, 4.69) is 20.6 Å². The molecule has 2 heterocycles. The quantitative estimate of drug-likeness (QED) is 0.352. The first kappa shape index (κ1) is 20.8. The Morgan fingerprint density at radius 2 is 2.10 bits per heavy atom. The standard InChI is InChI=1S/C16H12F4N6O4/c1-8-13(14(23-22-8)16(18,19)20)21-15(27)10-4-5-25(24-10)7-30-12-6-9(17)2-3-11(12)26(28)29/h2-6H,7H2,1H3,(H,21,27)(H,22,23). The first-order valence-corrected chi connectivity index (χ1v) is 8.10. The number of aryl methyl sites for hydroxylation is 1. The first-order valence-electron chi connectivity index (χ1n) is 8.10. The number of aromatic nitrogens is 4. The van der Waals surface area contributed by atoms with Crippen molar-refractivity contribution in [2.45, 2.75) is 19.8 Å². The molecule has 0 bridgehead atoms. The summed E-state index contributed by atoms with van der Waals surface area (Å²) in [5, 5.41) is 22.2. The van der Waals surface area contributed by atoms with Gasteiger partial charge in [0.25, 0.3) is 5.91 Å². The van der Waals surface area contributed by atoms with Gasteiger partial charge in [-0.3, -0.25) is 20.0 Å². The number of nitrogens with zero attached hydrogens (tertiary/aromatic N) is 4. The Balaban J connectivity index is 1.72. The van der Waals surface area contributed by atoms with Crippen molar-refractivity contribution in [1.82, 2.24) is 20.0 Å². The number of carbonyl (C=O) groups excluding carboxylic acids is 1. The van der Waals surface area contributed by atoms with Crippen LogP contribution < -0.4 is 10.1 Å². The van der Waals surface area contributed by atoms with Crippen molar-refractivity contribution < 1.29 is 32.0 Å².